The Bertz CT molecular complexity index is 1160. The van der Waals surface area contributed by atoms with Crippen molar-refractivity contribution in [3.8, 4) is 28.5 Å². The Morgan fingerprint density at radius 3 is 2.42 bits per heavy atom. The SMILES string of the molecule is Cc1cc(-c2ccc(O)c3ccccc23)nc2cc3c(cc12)OCO3.Cl. The van der Waals surface area contributed by atoms with Crippen LogP contribution >= 0.6 is 12.4 Å². The smallest absolute Gasteiger partial charge is 0.231 e. The normalized spacial score (nSPS) is 12.3. The molecule has 0 atom stereocenters. The summed E-state index contributed by atoms with van der Waals surface area (Å²) in [5.41, 5.74) is 3.86. The summed E-state index contributed by atoms with van der Waals surface area (Å²) in [7, 11) is 0. The summed E-state index contributed by atoms with van der Waals surface area (Å²) in [6, 6.07) is 17.4. The van der Waals surface area contributed by atoms with Gasteiger partial charge in [0, 0.05) is 22.4 Å². The van der Waals surface area contributed by atoms with Gasteiger partial charge in [0.2, 0.25) is 6.79 Å². The first-order chi connectivity index (χ1) is 12.2. The Kier molecular flexibility index (Phi) is 3.85. The Hall–Kier alpha value is -2.98. The highest BCUT2D eigenvalue weighted by molar-refractivity contribution is 6.00. The zero-order valence-electron chi connectivity index (χ0n) is 14.0. The molecule has 0 radical (unpaired) electrons. The standard InChI is InChI=1S/C21H15NO3.ClH/c1-12-8-17(14-6-7-19(23)15-5-3-2-4-13(14)15)22-18-10-21-20(9-16(12)18)24-11-25-21;/h2-10,23H,11H2,1H3;1H. The molecule has 0 saturated heterocycles. The third-order valence-electron chi connectivity index (χ3n) is 4.69. The molecule has 0 saturated carbocycles. The Balaban J connectivity index is 0.00000168. The van der Waals surface area contributed by atoms with E-state index in [-0.39, 0.29) is 24.9 Å². The van der Waals surface area contributed by atoms with Crippen molar-refractivity contribution in [1.82, 2.24) is 4.98 Å². The molecule has 130 valence electrons. The second kappa shape index (κ2) is 6.07. The Morgan fingerprint density at radius 2 is 1.62 bits per heavy atom. The van der Waals surface area contributed by atoms with Crippen LogP contribution in [0.2, 0.25) is 0 Å². The molecule has 2 heterocycles. The fourth-order valence-electron chi connectivity index (χ4n) is 3.43. The number of hydrogen-bond acceptors (Lipinski definition) is 4. The summed E-state index contributed by atoms with van der Waals surface area (Å²) in [5, 5.41) is 13.0. The summed E-state index contributed by atoms with van der Waals surface area (Å²) in [6.45, 7) is 2.32. The quantitative estimate of drug-likeness (QED) is 0.502. The van der Waals surface area contributed by atoms with E-state index in [9.17, 15) is 5.11 Å². The van der Waals surface area contributed by atoms with Crippen molar-refractivity contribution in [3.63, 3.8) is 0 Å². The summed E-state index contributed by atoms with van der Waals surface area (Å²) >= 11 is 0. The van der Waals surface area contributed by atoms with Gasteiger partial charge in [-0.25, -0.2) is 4.98 Å². The topological polar surface area (TPSA) is 51.6 Å². The van der Waals surface area contributed by atoms with E-state index < -0.39 is 0 Å². The number of phenols is 1. The van der Waals surface area contributed by atoms with Gasteiger partial charge in [0.05, 0.1) is 11.2 Å². The summed E-state index contributed by atoms with van der Waals surface area (Å²) < 4.78 is 11.0. The van der Waals surface area contributed by atoms with Crippen LogP contribution in [-0.4, -0.2) is 16.9 Å². The molecule has 0 unspecified atom stereocenters. The van der Waals surface area contributed by atoms with Crippen LogP contribution in [0.3, 0.4) is 0 Å². The van der Waals surface area contributed by atoms with Gasteiger partial charge in [-0.3, -0.25) is 0 Å². The highest BCUT2D eigenvalue weighted by Crippen LogP contribution is 2.39. The number of halogens is 1. The molecule has 4 nitrogen and oxygen atoms in total. The first-order valence-corrected chi connectivity index (χ1v) is 8.13. The van der Waals surface area contributed by atoms with Crippen LogP contribution in [-0.2, 0) is 0 Å². The number of pyridine rings is 1. The predicted octanol–water partition coefficient (Wildman–Crippen LogP) is 5.22. The summed E-state index contributed by atoms with van der Waals surface area (Å²) in [6.07, 6.45) is 0. The molecule has 5 heteroatoms. The maximum absolute atomic E-state index is 10.1. The lowest BCUT2D eigenvalue weighted by Gasteiger charge is -2.11. The van der Waals surface area contributed by atoms with Crippen molar-refractivity contribution in [1.29, 1.82) is 0 Å². The van der Waals surface area contributed by atoms with Crippen molar-refractivity contribution in [2.45, 2.75) is 6.92 Å². The minimum absolute atomic E-state index is 0. The average Bonchev–Trinajstić information content (AvgIpc) is 3.08. The van der Waals surface area contributed by atoms with E-state index in [2.05, 4.69) is 13.0 Å². The molecule has 5 rings (SSSR count). The lowest BCUT2D eigenvalue weighted by molar-refractivity contribution is 0.174. The maximum Gasteiger partial charge on any atom is 0.231 e. The van der Waals surface area contributed by atoms with E-state index in [1.807, 2.05) is 42.5 Å². The van der Waals surface area contributed by atoms with Crippen LogP contribution in [0.4, 0.5) is 0 Å². The molecule has 0 spiro atoms. The van der Waals surface area contributed by atoms with Crippen molar-refractivity contribution in [2.24, 2.45) is 0 Å². The van der Waals surface area contributed by atoms with E-state index in [1.54, 1.807) is 6.07 Å². The molecule has 3 aromatic carbocycles. The number of aryl methyl sites for hydroxylation is 1. The number of nitrogens with zero attached hydrogens (tertiary/aromatic N) is 1. The van der Waals surface area contributed by atoms with E-state index in [0.717, 1.165) is 50.0 Å². The molecular formula is C21H16ClNO3. The number of hydrogen-bond donors (Lipinski definition) is 1. The number of ether oxygens (including phenoxy) is 2. The molecule has 4 aromatic rings. The van der Waals surface area contributed by atoms with Gasteiger partial charge in [-0.2, -0.15) is 0 Å². The van der Waals surface area contributed by atoms with E-state index in [1.165, 1.54) is 0 Å². The number of benzene rings is 3. The van der Waals surface area contributed by atoms with Crippen LogP contribution in [0.5, 0.6) is 17.2 Å². The molecule has 1 aliphatic rings. The van der Waals surface area contributed by atoms with Gasteiger partial charge in [0.1, 0.15) is 5.75 Å². The number of aromatic nitrogens is 1. The maximum atomic E-state index is 10.1. The second-order valence-electron chi connectivity index (χ2n) is 6.22. The molecule has 0 amide bonds. The van der Waals surface area contributed by atoms with Crippen LogP contribution in [0.25, 0.3) is 32.9 Å². The minimum Gasteiger partial charge on any atom is -0.507 e. The van der Waals surface area contributed by atoms with Gasteiger partial charge >= 0.3 is 0 Å². The van der Waals surface area contributed by atoms with Gasteiger partial charge in [-0.15, -0.1) is 12.4 Å². The second-order valence-corrected chi connectivity index (χ2v) is 6.22. The average molecular weight is 366 g/mol. The van der Waals surface area contributed by atoms with Gasteiger partial charge in [0.25, 0.3) is 0 Å². The van der Waals surface area contributed by atoms with Crippen LogP contribution < -0.4 is 9.47 Å². The van der Waals surface area contributed by atoms with Gasteiger partial charge in [-0.05, 0) is 42.1 Å². The molecule has 1 aliphatic heterocycles. The minimum atomic E-state index is 0. The summed E-state index contributed by atoms with van der Waals surface area (Å²) in [5.74, 6) is 1.77. The number of phenolic OH excluding ortho intramolecular Hbond substituents is 1. The Labute approximate surface area is 156 Å². The van der Waals surface area contributed by atoms with Crippen molar-refractivity contribution in [2.75, 3.05) is 6.79 Å². The van der Waals surface area contributed by atoms with E-state index in [0.29, 0.717) is 0 Å². The lowest BCUT2D eigenvalue weighted by atomic mass is 9.99. The molecule has 0 aliphatic carbocycles. The van der Waals surface area contributed by atoms with Gasteiger partial charge in [-0.1, -0.05) is 24.3 Å². The van der Waals surface area contributed by atoms with E-state index in [4.69, 9.17) is 14.5 Å². The monoisotopic (exact) mass is 365 g/mol. The molecule has 1 aromatic heterocycles. The van der Waals surface area contributed by atoms with Gasteiger partial charge < -0.3 is 14.6 Å². The highest BCUT2D eigenvalue weighted by Gasteiger charge is 2.17. The zero-order chi connectivity index (χ0) is 17.0. The fraction of sp³-hybridized carbons (Fsp3) is 0.0952. The lowest BCUT2D eigenvalue weighted by Crippen LogP contribution is -1.92. The van der Waals surface area contributed by atoms with Crippen molar-refractivity contribution >= 4 is 34.1 Å². The first kappa shape index (κ1) is 16.5. The highest BCUT2D eigenvalue weighted by atomic mass is 35.5. The number of fused-ring (bicyclic) bond motifs is 3. The van der Waals surface area contributed by atoms with Gasteiger partial charge in [0.15, 0.2) is 11.5 Å². The predicted molar refractivity (Wildman–Crippen MR) is 104 cm³/mol. The van der Waals surface area contributed by atoms with E-state index >= 15 is 0 Å². The van der Waals surface area contributed by atoms with Crippen LogP contribution in [0, 0.1) is 6.92 Å². The number of rotatable bonds is 1. The number of aromatic hydroxyl groups is 1. The molecule has 1 N–H and O–H groups in total. The molecule has 26 heavy (non-hydrogen) atoms. The molecule has 0 bridgehead atoms. The zero-order valence-corrected chi connectivity index (χ0v) is 14.8. The molecule has 0 fully saturated rings. The fourth-order valence-corrected chi connectivity index (χ4v) is 3.43. The third kappa shape index (κ3) is 2.42. The van der Waals surface area contributed by atoms with Crippen LogP contribution in [0.15, 0.2) is 54.6 Å². The third-order valence-corrected chi connectivity index (χ3v) is 4.69. The Morgan fingerprint density at radius 1 is 0.885 bits per heavy atom. The largest absolute Gasteiger partial charge is 0.507 e. The molecular weight excluding hydrogens is 350 g/mol. The van der Waals surface area contributed by atoms with Crippen LogP contribution in [0.1, 0.15) is 5.56 Å². The van der Waals surface area contributed by atoms with Crippen molar-refractivity contribution in [3.05, 3.63) is 60.2 Å². The van der Waals surface area contributed by atoms with Crippen molar-refractivity contribution < 1.29 is 14.6 Å². The first-order valence-electron chi connectivity index (χ1n) is 8.13. The summed E-state index contributed by atoms with van der Waals surface area (Å²) in [4.78, 5) is 4.85.